The number of amidine groups is 2. The zero-order chi connectivity index (χ0) is 26.5. The van der Waals surface area contributed by atoms with Crippen LogP contribution in [0, 0.1) is 11.2 Å². The molecule has 38 heavy (non-hydrogen) atoms. The molecule has 1 N–H and O–H groups in total. The second kappa shape index (κ2) is 11.3. The summed E-state index contributed by atoms with van der Waals surface area (Å²) in [5, 5.41) is 15.3. The van der Waals surface area contributed by atoms with E-state index in [0.29, 0.717) is 39.6 Å². The number of para-hydroxylation sites is 1. The van der Waals surface area contributed by atoms with Crippen LogP contribution in [0.4, 0.5) is 4.39 Å². The minimum Gasteiger partial charge on any atom is -0.490 e. The Labute approximate surface area is 222 Å². The molecule has 0 aliphatic carbocycles. The molecule has 0 aromatic heterocycles. The molecule has 0 saturated heterocycles. The number of nitrogens with one attached hydrogen (secondary N) is 1. The molecule has 0 fully saturated rings. The van der Waals surface area contributed by atoms with Gasteiger partial charge in [0.2, 0.25) is 5.17 Å². The number of benzene rings is 3. The molecule has 0 atom stereocenters. The van der Waals surface area contributed by atoms with Gasteiger partial charge in [0.15, 0.2) is 17.3 Å². The molecule has 3 aromatic carbocycles. The fourth-order valence-corrected chi connectivity index (χ4v) is 4.46. The lowest BCUT2D eigenvalue weighted by Gasteiger charge is -2.20. The zero-order valence-corrected chi connectivity index (χ0v) is 21.2. The molecule has 2 heterocycles. The van der Waals surface area contributed by atoms with Crippen LogP contribution in [0.5, 0.6) is 17.2 Å². The van der Waals surface area contributed by atoms with E-state index in [1.807, 2.05) is 37.3 Å². The molecule has 0 bridgehead atoms. The molecule has 5 rings (SSSR count). The lowest BCUT2D eigenvalue weighted by molar-refractivity contribution is -0.114. The molecule has 8 nitrogen and oxygen atoms in total. The maximum absolute atomic E-state index is 13.2. The Morgan fingerprint density at radius 1 is 0.974 bits per heavy atom. The van der Waals surface area contributed by atoms with Crippen LogP contribution in [-0.4, -0.2) is 40.2 Å². The molecular weight excluding hydrogens is 507 g/mol. The Balaban J connectivity index is 1.31. The van der Waals surface area contributed by atoms with E-state index in [0.717, 1.165) is 5.56 Å². The Morgan fingerprint density at radius 2 is 1.76 bits per heavy atom. The normalized spacial score (nSPS) is 15.7. The van der Waals surface area contributed by atoms with Crippen molar-refractivity contribution < 1.29 is 23.4 Å². The standard InChI is InChI=1S/C28H23FN4O4S/c1-2-35-24-15-19(10-13-23(24)37-16-18-8-11-20(29)12-9-18)14-22-26(30)33-28(31-27(22)34)38-25(32-33)17-36-21-6-4-3-5-7-21/h3-15,30H,2,16-17H2,1H3/b22-14+,30-26?. The quantitative estimate of drug-likeness (QED) is 0.367. The van der Waals surface area contributed by atoms with Crippen molar-refractivity contribution in [3.8, 4) is 17.2 Å². The number of rotatable bonds is 9. The summed E-state index contributed by atoms with van der Waals surface area (Å²) >= 11 is 1.20. The highest BCUT2D eigenvalue weighted by molar-refractivity contribution is 8.27. The number of thioether (sulfide) groups is 1. The average Bonchev–Trinajstić information content (AvgIpc) is 3.34. The summed E-state index contributed by atoms with van der Waals surface area (Å²) < 4.78 is 30.5. The number of carbonyl (C=O) groups is 1. The Bertz CT molecular complexity index is 1460. The monoisotopic (exact) mass is 530 g/mol. The molecule has 2 aliphatic heterocycles. The predicted molar refractivity (Wildman–Crippen MR) is 145 cm³/mol. The largest absolute Gasteiger partial charge is 0.490 e. The Kier molecular flexibility index (Phi) is 7.50. The first-order valence-electron chi connectivity index (χ1n) is 11.8. The number of ether oxygens (including phenoxy) is 3. The van der Waals surface area contributed by atoms with Gasteiger partial charge >= 0.3 is 0 Å². The van der Waals surface area contributed by atoms with Crippen LogP contribution < -0.4 is 14.2 Å². The predicted octanol–water partition coefficient (Wildman–Crippen LogP) is 5.50. The van der Waals surface area contributed by atoms with Crippen LogP contribution in [0.3, 0.4) is 0 Å². The van der Waals surface area contributed by atoms with E-state index in [1.54, 1.807) is 36.4 Å². The maximum atomic E-state index is 13.2. The van der Waals surface area contributed by atoms with Gasteiger partial charge in [-0.15, -0.1) is 0 Å². The van der Waals surface area contributed by atoms with Crippen molar-refractivity contribution in [3.05, 3.63) is 95.3 Å². The van der Waals surface area contributed by atoms with Gasteiger partial charge < -0.3 is 14.2 Å². The molecule has 3 aromatic rings. The number of hydrogen-bond acceptors (Lipinski definition) is 7. The van der Waals surface area contributed by atoms with Gasteiger partial charge in [-0.05, 0) is 72.3 Å². The fraction of sp³-hybridized carbons (Fsp3) is 0.143. The number of carbonyl (C=O) groups excluding carboxylic acids is 1. The van der Waals surface area contributed by atoms with Crippen molar-refractivity contribution in [1.29, 1.82) is 5.41 Å². The Morgan fingerprint density at radius 3 is 2.53 bits per heavy atom. The summed E-state index contributed by atoms with van der Waals surface area (Å²) in [6.07, 6.45) is 1.58. The van der Waals surface area contributed by atoms with Crippen LogP contribution in [0.1, 0.15) is 18.1 Å². The average molecular weight is 531 g/mol. The van der Waals surface area contributed by atoms with Crippen molar-refractivity contribution >= 4 is 39.8 Å². The van der Waals surface area contributed by atoms with Gasteiger partial charge in [0.25, 0.3) is 5.91 Å². The van der Waals surface area contributed by atoms with Crippen molar-refractivity contribution in [1.82, 2.24) is 5.01 Å². The fourth-order valence-electron chi connectivity index (χ4n) is 3.66. The summed E-state index contributed by atoms with van der Waals surface area (Å²) in [5.41, 5.74) is 1.55. The summed E-state index contributed by atoms with van der Waals surface area (Å²) in [7, 11) is 0. The third-order valence-corrected chi connectivity index (χ3v) is 6.37. The van der Waals surface area contributed by atoms with E-state index in [2.05, 4.69) is 10.1 Å². The van der Waals surface area contributed by atoms with Gasteiger partial charge in [-0.25, -0.2) is 4.39 Å². The Hall–Kier alpha value is -4.44. The number of nitrogens with zero attached hydrogens (tertiary/aromatic N) is 3. The highest BCUT2D eigenvalue weighted by atomic mass is 32.2. The first-order chi connectivity index (χ1) is 18.5. The van der Waals surface area contributed by atoms with Crippen LogP contribution in [-0.2, 0) is 11.4 Å². The third kappa shape index (κ3) is 5.76. The number of hydrazone groups is 1. The van der Waals surface area contributed by atoms with Crippen molar-refractivity contribution in [2.24, 2.45) is 10.1 Å². The zero-order valence-electron chi connectivity index (χ0n) is 20.4. The highest BCUT2D eigenvalue weighted by Crippen LogP contribution is 2.32. The molecule has 192 valence electrons. The third-order valence-electron chi connectivity index (χ3n) is 5.49. The van der Waals surface area contributed by atoms with Gasteiger partial charge in [0.05, 0.1) is 12.2 Å². The number of aliphatic imine (C=N–C) groups is 1. The van der Waals surface area contributed by atoms with Gasteiger partial charge in [0, 0.05) is 0 Å². The first-order valence-corrected chi connectivity index (χ1v) is 12.6. The van der Waals surface area contributed by atoms with Gasteiger partial charge in [-0.3, -0.25) is 10.2 Å². The second-order valence-electron chi connectivity index (χ2n) is 8.17. The molecule has 10 heteroatoms. The van der Waals surface area contributed by atoms with E-state index in [1.165, 1.54) is 28.9 Å². The lowest BCUT2D eigenvalue weighted by atomic mass is 10.1. The summed E-state index contributed by atoms with van der Waals surface area (Å²) in [5.74, 6) is 0.783. The van der Waals surface area contributed by atoms with E-state index in [9.17, 15) is 9.18 Å². The first kappa shape index (κ1) is 25.2. The SMILES string of the molecule is CCOc1cc(/C=C2\C(=N)N3N=C(COc4ccccc4)SC3=NC2=O)ccc1OCc1ccc(F)cc1. The topological polar surface area (TPSA) is 96.6 Å². The van der Waals surface area contributed by atoms with E-state index in [4.69, 9.17) is 19.6 Å². The molecule has 1 amide bonds. The molecule has 0 radical (unpaired) electrons. The highest BCUT2D eigenvalue weighted by Gasteiger charge is 2.35. The van der Waals surface area contributed by atoms with Crippen LogP contribution in [0.25, 0.3) is 6.08 Å². The summed E-state index contributed by atoms with van der Waals surface area (Å²) in [6, 6.07) is 20.6. The molecule has 0 unspecified atom stereocenters. The summed E-state index contributed by atoms with van der Waals surface area (Å²) in [4.78, 5) is 16.9. The second-order valence-corrected chi connectivity index (χ2v) is 9.21. The van der Waals surface area contributed by atoms with Crippen molar-refractivity contribution in [2.45, 2.75) is 13.5 Å². The molecule has 0 spiro atoms. The number of fused-ring (bicyclic) bond motifs is 1. The van der Waals surface area contributed by atoms with E-state index < -0.39 is 5.91 Å². The van der Waals surface area contributed by atoms with Crippen LogP contribution in [0.2, 0.25) is 0 Å². The number of hydrogen-bond donors (Lipinski definition) is 1. The van der Waals surface area contributed by atoms with Gasteiger partial charge in [0.1, 0.15) is 29.8 Å². The smallest absolute Gasteiger partial charge is 0.283 e. The number of amides is 1. The molecule has 2 aliphatic rings. The van der Waals surface area contributed by atoms with E-state index >= 15 is 0 Å². The van der Waals surface area contributed by atoms with Crippen molar-refractivity contribution in [2.75, 3.05) is 13.2 Å². The minimum absolute atomic E-state index is 0.0724. The summed E-state index contributed by atoms with van der Waals surface area (Å²) in [6.45, 7) is 2.70. The minimum atomic E-state index is -0.524. The van der Waals surface area contributed by atoms with Crippen LogP contribution >= 0.6 is 11.8 Å². The molecule has 0 saturated carbocycles. The van der Waals surface area contributed by atoms with Gasteiger partial charge in [-0.1, -0.05) is 36.4 Å². The maximum Gasteiger partial charge on any atom is 0.283 e. The number of halogens is 1. The van der Waals surface area contributed by atoms with E-state index in [-0.39, 0.29) is 30.4 Å². The lowest BCUT2D eigenvalue weighted by Crippen LogP contribution is -2.35. The van der Waals surface area contributed by atoms with Crippen LogP contribution in [0.15, 0.2) is 88.5 Å². The molecular formula is C28H23FN4O4S. The van der Waals surface area contributed by atoms with Crippen molar-refractivity contribution in [3.63, 3.8) is 0 Å². The van der Waals surface area contributed by atoms with Gasteiger partial charge in [-0.2, -0.15) is 15.1 Å².